The monoisotopic (exact) mass is 272 g/mol. The Labute approximate surface area is 114 Å². The zero-order chi connectivity index (χ0) is 13.6. The standard InChI is InChI=1S/C13H21ClN2O2/c1-5-13(6-2,18-7-3)12-15-10(9-17-4)8-11(14)16-12/h8H,5-7,9H2,1-4H3. The summed E-state index contributed by atoms with van der Waals surface area (Å²) in [6, 6.07) is 1.72. The first-order chi connectivity index (χ1) is 8.61. The lowest BCUT2D eigenvalue weighted by molar-refractivity contribution is -0.0574. The van der Waals surface area contributed by atoms with E-state index < -0.39 is 5.60 Å². The van der Waals surface area contributed by atoms with Crippen LogP contribution < -0.4 is 0 Å². The highest BCUT2D eigenvalue weighted by atomic mass is 35.5. The van der Waals surface area contributed by atoms with Crippen LogP contribution in [0, 0.1) is 0 Å². The van der Waals surface area contributed by atoms with E-state index >= 15 is 0 Å². The van der Waals surface area contributed by atoms with Gasteiger partial charge in [0.1, 0.15) is 10.8 Å². The summed E-state index contributed by atoms with van der Waals surface area (Å²) in [5.74, 6) is 0.647. The molecule has 0 bridgehead atoms. The topological polar surface area (TPSA) is 44.2 Å². The summed E-state index contributed by atoms with van der Waals surface area (Å²) in [6.07, 6.45) is 1.62. The van der Waals surface area contributed by atoms with E-state index in [1.807, 2.05) is 6.92 Å². The zero-order valence-corrected chi connectivity index (χ0v) is 12.3. The van der Waals surface area contributed by atoms with Gasteiger partial charge in [0, 0.05) is 13.7 Å². The summed E-state index contributed by atoms with van der Waals surface area (Å²) >= 11 is 6.04. The number of aromatic nitrogens is 2. The lowest BCUT2D eigenvalue weighted by Crippen LogP contribution is -2.31. The Bertz CT molecular complexity index is 381. The minimum atomic E-state index is -0.456. The second-order valence-corrected chi connectivity index (χ2v) is 4.46. The van der Waals surface area contributed by atoms with Gasteiger partial charge in [-0.1, -0.05) is 25.4 Å². The van der Waals surface area contributed by atoms with Crippen LogP contribution in [0.25, 0.3) is 0 Å². The van der Waals surface area contributed by atoms with Crippen molar-refractivity contribution in [2.75, 3.05) is 13.7 Å². The number of methoxy groups -OCH3 is 1. The summed E-state index contributed by atoms with van der Waals surface area (Å²) in [5, 5.41) is 0.429. The normalized spacial score (nSPS) is 11.8. The van der Waals surface area contributed by atoms with Crippen LogP contribution in [-0.2, 0) is 21.7 Å². The molecule has 0 saturated carbocycles. The fourth-order valence-electron chi connectivity index (χ4n) is 2.00. The van der Waals surface area contributed by atoms with Gasteiger partial charge in [-0.05, 0) is 25.8 Å². The molecule has 1 aromatic rings. The molecule has 0 amide bonds. The van der Waals surface area contributed by atoms with E-state index in [4.69, 9.17) is 21.1 Å². The Morgan fingerprint density at radius 2 is 1.89 bits per heavy atom. The highest BCUT2D eigenvalue weighted by molar-refractivity contribution is 6.29. The molecule has 0 aromatic carbocycles. The average Bonchev–Trinajstić information content (AvgIpc) is 2.36. The molecule has 0 aliphatic rings. The van der Waals surface area contributed by atoms with Gasteiger partial charge in [0.25, 0.3) is 0 Å². The molecule has 4 nitrogen and oxygen atoms in total. The van der Waals surface area contributed by atoms with Crippen LogP contribution in [0.15, 0.2) is 6.07 Å². The van der Waals surface area contributed by atoms with Crippen LogP contribution in [0.5, 0.6) is 0 Å². The van der Waals surface area contributed by atoms with Crippen molar-refractivity contribution in [3.63, 3.8) is 0 Å². The molecule has 0 atom stereocenters. The number of halogens is 1. The van der Waals surface area contributed by atoms with Crippen LogP contribution >= 0.6 is 11.6 Å². The van der Waals surface area contributed by atoms with Gasteiger partial charge in [-0.2, -0.15) is 0 Å². The first kappa shape index (κ1) is 15.3. The van der Waals surface area contributed by atoms with Crippen LogP contribution in [0.4, 0.5) is 0 Å². The molecule has 0 N–H and O–H groups in total. The second kappa shape index (κ2) is 7.02. The Morgan fingerprint density at radius 3 is 2.39 bits per heavy atom. The first-order valence-corrected chi connectivity index (χ1v) is 6.66. The fourth-order valence-corrected chi connectivity index (χ4v) is 2.21. The van der Waals surface area contributed by atoms with Gasteiger partial charge in [0.2, 0.25) is 0 Å². The molecule has 5 heteroatoms. The fraction of sp³-hybridized carbons (Fsp3) is 0.692. The molecule has 0 spiro atoms. The molecule has 1 rings (SSSR count). The molecule has 18 heavy (non-hydrogen) atoms. The summed E-state index contributed by atoms with van der Waals surface area (Å²) in [7, 11) is 1.63. The van der Waals surface area contributed by atoms with E-state index in [9.17, 15) is 0 Å². The Balaban J connectivity index is 3.18. The smallest absolute Gasteiger partial charge is 0.162 e. The highest BCUT2D eigenvalue weighted by Gasteiger charge is 2.32. The van der Waals surface area contributed by atoms with Gasteiger partial charge in [-0.15, -0.1) is 0 Å². The third-order valence-electron chi connectivity index (χ3n) is 3.01. The molecule has 0 unspecified atom stereocenters. The van der Waals surface area contributed by atoms with Crippen molar-refractivity contribution in [1.82, 2.24) is 9.97 Å². The number of ether oxygens (including phenoxy) is 2. The lowest BCUT2D eigenvalue weighted by atomic mass is 9.96. The third kappa shape index (κ3) is 3.40. The highest BCUT2D eigenvalue weighted by Crippen LogP contribution is 2.31. The van der Waals surface area contributed by atoms with E-state index in [0.29, 0.717) is 24.2 Å². The minimum absolute atomic E-state index is 0.422. The molecule has 0 saturated heterocycles. The average molecular weight is 273 g/mol. The van der Waals surface area contributed by atoms with Gasteiger partial charge in [0.15, 0.2) is 5.82 Å². The molecule has 1 aromatic heterocycles. The van der Waals surface area contributed by atoms with Gasteiger partial charge < -0.3 is 9.47 Å². The Kier molecular flexibility index (Phi) is 5.99. The van der Waals surface area contributed by atoms with Crippen LogP contribution in [0.1, 0.15) is 45.1 Å². The van der Waals surface area contributed by atoms with Crippen LogP contribution in [0.3, 0.4) is 0 Å². The van der Waals surface area contributed by atoms with Crippen molar-refractivity contribution >= 4 is 11.6 Å². The van der Waals surface area contributed by atoms with E-state index in [1.165, 1.54) is 0 Å². The van der Waals surface area contributed by atoms with Crippen molar-refractivity contribution in [2.24, 2.45) is 0 Å². The van der Waals surface area contributed by atoms with Gasteiger partial charge in [-0.25, -0.2) is 9.97 Å². The van der Waals surface area contributed by atoms with Crippen molar-refractivity contribution in [1.29, 1.82) is 0 Å². The van der Waals surface area contributed by atoms with Crippen molar-refractivity contribution in [3.05, 3.63) is 22.7 Å². The van der Waals surface area contributed by atoms with Gasteiger partial charge >= 0.3 is 0 Å². The number of hydrogen-bond donors (Lipinski definition) is 0. The van der Waals surface area contributed by atoms with E-state index in [-0.39, 0.29) is 0 Å². The SMILES string of the molecule is CCOC(CC)(CC)c1nc(Cl)cc(COC)n1. The molecule has 0 radical (unpaired) electrons. The summed E-state index contributed by atoms with van der Waals surface area (Å²) in [6.45, 7) is 7.15. The predicted molar refractivity (Wildman–Crippen MR) is 71.6 cm³/mol. The first-order valence-electron chi connectivity index (χ1n) is 6.28. The third-order valence-corrected chi connectivity index (χ3v) is 3.20. The molecule has 0 aliphatic heterocycles. The summed E-state index contributed by atoms with van der Waals surface area (Å²) in [5.41, 5.74) is 0.320. The van der Waals surface area contributed by atoms with E-state index in [1.54, 1.807) is 13.2 Å². The largest absolute Gasteiger partial charge is 0.378 e. The van der Waals surface area contributed by atoms with Crippen molar-refractivity contribution < 1.29 is 9.47 Å². The quantitative estimate of drug-likeness (QED) is 0.714. The Hall–Kier alpha value is -0.710. The number of nitrogens with zero attached hydrogens (tertiary/aromatic N) is 2. The van der Waals surface area contributed by atoms with E-state index in [0.717, 1.165) is 18.5 Å². The van der Waals surface area contributed by atoms with Gasteiger partial charge in [0.05, 0.1) is 12.3 Å². The molecular weight excluding hydrogens is 252 g/mol. The maximum atomic E-state index is 6.04. The van der Waals surface area contributed by atoms with Crippen LogP contribution in [0.2, 0.25) is 5.15 Å². The summed E-state index contributed by atoms with van der Waals surface area (Å²) in [4.78, 5) is 8.83. The minimum Gasteiger partial charge on any atom is -0.378 e. The molecule has 102 valence electrons. The molecule has 0 fully saturated rings. The second-order valence-electron chi connectivity index (χ2n) is 4.07. The summed E-state index contributed by atoms with van der Waals surface area (Å²) < 4.78 is 11.0. The zero-order valence-electron chi connectivity index (χ0n) is 11.5. The number of hydrogen-bond acceptors (Lipinski definition) is 4. The number of rotatable bonds is 7. The van der Waals surface area contributed by atoms with Crippen LogP contribution in [-0.4, -0.2) is 23.7 Å². The molecular formula is C13H21ClN2O2. The molecule has 1 heterocycles. The lowest BCUT2D eigenvalue weighted by Gasteiger charge is -2.30. The predicted octanol–water partition coefficient (Wildman–Crippen LogP) is 3.33. The van der Waals surface area contributed by atoms with Crippen molar-refractivity contribution in [3.8, 4) is 0 Å². The molecule has 0 aliphatic carbocycles. The van der Waals surface area contributed by atoms with Gasteiger partial charge in [-0.3, -0.25) is 0 Å². The van der Waals surface area contributed by atoms with Crippen molar-refractivity contribution in [2.45, 2.75) is 45.8 Å². The maximum Gasteiger partial charge on any atom is 0.162 e. The maximum absolute atomic E-state index is 6.04. The van der Waals surface area contributed by atoms with E-state index in [2.05, 4.69) is 23.8 Å². The Morgan fingerprint density at radius 1 is 1.22 bits per heavy atom.